The van der Waals surface area contributed by atoms with Gasteiger partial charge >= 0.3 is 0 Å². The monoisotopic (exact) mass is 401 g/mol. The fourth-order valence-corrected chi connectivity index (χ4v) is 7.95. The van der Waals surface area contributed by atoms with Crippen molar-refractivity contribution < 1.29 is 0 Å². The molecular formula is C25H42N2P+. The van der Waals surface area contributed by atoms with Gasteiger partial charge in [-0.1, -0.05) is 53.5 Å². The number of unbranched alkanes of at least 4 members (excludes halogenated alkanes) is 2. The maximum Gasteiger partial charge on any atom is 0.111 e. The number of anilines is 1. The van der Waals surface area contributed by atoms with Crippen molar-refractivity contribution in [1.82, 2.24) is 4.90 Å². The molecule has 28 heavy (non-hydrogen) atoms. The summed E-state index contributed by atoms with van der Waals surface area (Å²) < 4.78 is 0. The van der Waals surface area contributed by atoms with Crippen molar-refractivity contribution >= 4 is 18.3 Å². The van der Waals surface area contributed by atoms with Gasteiger partial charge in [0, 0.05) is 43.6 Å². The summed E-state index contributed by atoms with van der Waals surface area (Å²) >= 11 is 0. The van der Waals surface area contributed by atoms with Crippen LogP contribution in [0.3, 0.4) is 0 Å². The first-order valence-electron chi connectivity index (χ1n) is 11.3. The van der Waals surface area contributed by atoms with Gasteiger partial charge in [-0.05, 0) is 30.9 Å². The third kappa shape index (κ3) is 3.11. The number of hydrogen-bond donors (Lipinski definition) is 0. The van der Waals surface area contributed by atoms with Crippen LogP contribution < -0.4 is 10.2 Å². The molecule has 1 aromatic rings. The average Bonchev–Trinajstić information content (AvgIpc) is 3.08. The summed E-state index contributed by atoms with van der Waals surface area (Å²) in [5.41, 5.74) is 3.40. The molecule has 3 rings (SSSR count). The molecule has 0 fully saturated rings. The molecule has 0 aliphatic carbocycles. The minimum Gasteiger partial charge on any atom is -0.358 e. The van der Waals surface area contributed by atoms with E-state index in [4.69, 9.17) is 0 Å². The Morgan fingerprint density at radius 3 is 2.32 bits per heavy atom. The smallest absolute Gasteiger partial charge is 0.111 e. The van der Waals surface area contributed by atoms with Gasteiger partial charge in [-0.2, -0.15) is 0 Å². The van der Waals surface area contributed by atoms with E-state index in [-0.39, 0.29) is 10.8 Å². The highest BCUT2D eigenvalue weighted by molar-refractivity contribution is 7.81. The van der Waals surface area contributed by atoms with Crippen molar-refractivity contribution in [1.29, 1.82) is 0 Å². The molecule has 156 valence electrons. The normalized spacial score (nSPS) is 29.2. The van der Waals surface area contributed by atoms with E-state index >= 15 is 0 Å². The Morgan fingerprint density at radius 1 is 1.00 bits per heavy atom. The Bertz CT molecular complexity index is 740. The van der Waals surface area contributed by atoms with Crippen LogP contribution in [0.4, 0.5) is 5.69 Å². The largest absolute Gasteiger partial charge is 0.358 e. The first-order chi connectivity index (χ1) is 13.2. The maximum absolute atomic E-state index is 2.58. The Labute approximate surface area is 174 Å². The molecule has 0 N–H and O–H groups in total. The zero-order valence-electron chi connectivity index (χ0n) is 19.5. The molecule has 2 heterocycles. The number of benzene rings is 1. The highest BCUT2D eigenvalue weighted by atomic mass is 31.2. The molecule has 3 unspecified atom stereocenters. The highest BCUT2D eigenvalue weighted by Gasteiger charge is 2.57. The second kappa shape index (κ2) is 7.67. The van der Waals surface area contributed by atoms with Crippen molar-refractivity contribution in [2.75, 3.05) is 31.4 Å². The zero-order chi connectivity index (χ0) is 20.7. The molecule has 3 heteroatoms. The van der Waals surface area contributed by atoms with Crippen LogP contribution in [0.5, 0.6) is 0 Å². The Balaban J connectivity index is 2.11. The van der Waals surface area contributed by atoms with E-state index in [9.17, 15) is 0 Å². The average molecular weight is 402 g/mol. The van der Waals surface area contributed by atoms with Crippen LogP contribution in [0.25, 0.3) is 0 Å². The molecule has 2 aliphatic rings. The molecule has 2 nitrogen and oxygen atoms in total. The predicted octanol–water partition coefficient (Wildman–Crippen LogP) is 6.43. The summed E-state index contributed by atoms with van der Waals surface area (Å²) in [7, 11) is 1.18. The van der Waals surface area contributed by atoms with E-state index in [1.54, 1.807) is 10.9 Å². The van der Waals surface area contributed by atoms with Crippen LogP contribution >= 0.6 is 7.26 Å². The number of hydrogen-bond acceptors (Lipinski definition) is 2. The fourth-order valence-electron chi connectivity index (χ4n) is 5.73. The fraction of sp³-hybridized carbons (Fsp3) is 0.680. The lowest BCUT2D eigenvalue weighted by Gasteiger charge is -2.58. The molecular weight excluding hydrogens is 359 g/mol. The molecule has 0 bridgehead atoms. The standard InChI is InChI=1S/C25H42N2P/c1-9-12-13-18-28(7,8)20-14-15-21-22(19-20)27-17-16-26(6)23(27)25(5,11-3)24(21,4)10-2/h14-17,19,23H,9-13,18H2,1-8H3/q+1. The van der Waals surface area contributed by atoms with Crippen LogP contribution in [0.15, 0.2) is 30.6 Å². The van der Waals surface area contributed by atoms with Gasteiger partial charge in [0.15, 0.2) is 0 Å². The molecule has 0 spiro atoms. The topological polar surface area (TPSA) is 6.48 Å². The van der Waals surface area contributed by atoms with Crippen LogP contribution in [0.1, 0.15) is 72.3 Å². The van der Waals surface area contributed by atoms with Gasteiger partial charge in [0.1, 0.15) is 6.17 Å². The third-order valence-electron chi connectivity index (χ3n) is 8.26. The van der Waals surface area contributed by atoms with Crippen molar-refractivity contribution in [2.24, 2.45) is 5.41 Å². The van der Waals surface area contributed by atoms with Gasteiger partial charge in [0.25, 0.3) is 0 Å². The predicted molar refractivity (Wildman–Crippen MR) is 128 cm³/mol. The van der Waals surface area contributed by atoms with Gasteiger partial charge < -0.3 is 9.80 Å². The van der Waals surface area contributed by atoms with Gasteiger partial charge in [0.2, 0.25) is 0 Å². The van der Waals surface area contributed by atoms with Crippen LogP contribution in [0.2, 0.25) is 0 Å². The minimum absolute atomic E-state index is 0.182. The van der Waals surface area contributed by atoms with Crippen LogP contribution in [-0.4, -0.2) is 37.6 Å². The van der Waals surface area contributed by atoms with E-state index in [1.807, 2.05) is 0 Å². The first-order valence-corrected chi connectivity index (χ1v) is 14.2. The molecule has 0 aromatic heterocycles. The van der Waals surface area contributed by atoms with E-state index in [0.717, 1.165) is 0 Å². The lowest BCUT2D eigenvalue weighted by Crippen LogP contribution is -2.61. The molecule has 0 saturated heterocycles. The van der Waals surface area contributed by atoms with E-state index in [1.165, 1.54) is 44.0 Å². The van der Waals surface area contributed by atoms with Gasteiger partial charge in [-0.25, -0.2) is 0 Å². The molecule has 0 amide bonds. The van der Waals surface area contributed by atoms with E-state index in [0.29, 0.717) is 6.17 Å². The molecule has 0 saturated carbocycles. The number of rotatable bonds is 7. The van der Waals surface area contributed by atoms with E-state index in [2.05, 4.69) is 95.4 Å². The highest BCUT2D eigenvalue weighted by Crippen LogP contribution is 2.59. The Kier molecular flexibility index (Phi) is 5.95. The van der Waals surface area contributed by atoms with Crippen LogP contribution in [-0.2, 0) is 5.41 Å². The second-order valence-electron chi connectivity index (χ2n) is 10.0. The Morgan fingerprint density at radius 2 is 1.71 bits per heavy atom. The SMILES string of the molecule is CCCCC[P+](C)(C)c1ccc2c(c1)N1C=CN(C)C1C(C)(CC)C2(C)CC. The van der Waals surface area contributed by atoms with Gasteiger partial charge in [-0.15, -0.1) is 0 Å². The van der Waals surface area contributed by atoms with Crippen molar-refractivity contribution in [3.05, 3.63) is 36.2 Å². The molecule has 2 aliphatic heterocycles. The van der Waals surface area contributed by atoms with Crippen molar-refractivity contribution in [3.63, 3.8) is 0 Å². The molecule has 3 atom stereocenters. The van der Waals surface area contributed by atoms with Crippen molar-refractivity contribution in [3.8, 4) is 0 Å². The van der Waals surface area contributed by atoms with Crippen molar-refractivity contribution in [2.45, 2.75) is 78.3 Å². The second-order valence-corrected chi connectivity index (χ2v) is 14.4. The summed E-state index contributed by atoms with van der Waals surface area (Å²) in [5, 5.41) is 1.60. The molecule has 0 radical (unpaired) electrons. The van der Waals surface area contributed by atoms with E-state index < -0.39 is 7.26 Å². The quantitative estimate of drug-likeness (QED) is 0.384. The summed E-state index contributed by atoms with van der Waals surface area (Å²) in [5.74, 6) is 0. The minimum atomic E-state index is -1.08. The third-order valence-corrected chi connectivity index (χ3v) is 11.4. The lowest BCUT2D eigenvalue weighted by atomic mass is 9.55. The first kappa shape index (κ1) is 21.7. The number of fused-ring (bicyclic) bond motifs is 3. The Hall–Kier alpha value is -1.01. The summed E-state index contributed by atoms with van der Waals surface area (Å²) in [4.78, 5) is 5.01. The summed E-state index contributed by atoms with van der Waals surface area (Å²) in [6.45, 7) is 17.1. The molecule has 1 aromatic carbocycles. The summed E-state index contributed by atoms with van der Waals surface area (Å²) in [6, 6.07) is 7.53. The van der Waals surface area contributed by atoms with Crippen LogP contribution in [0, 0.1) is 5.41 Å². The van der Waals surface area contributed by atoms with Gasteiger partial charge in [0.05, 0.1) is 30.5 Å². The summed E-state index contributed by atoms with van der Waals surface area (Å²) in [6.07, 6.45) is 12.8. The zero-order valence-corrected chi connectivity index (χ0v) is 20.4. The lowest BCUT2D eigenvalue weighted by molar-refractivity contribution is 0.0396. The number of nitrogens with zero attached hydrogens (tertiary/aromatic N) is 2. The van der Waals surface area contributed by atoms with Gasteiger partial charge in [-0.3, -0.25) is 0 Å². The maximum atomic E-state index is 2.58.